The van der Waals surface area contributed by atoms with Crippen LogP contribution in [0.3, 0.4) is 0 Å². The van der Waals surface area contributed by atoms with Crippen molar-refractivity contribution in [1.82, 2.24) is 14.7 Å². The molecule has 0 saturated heterocycles. The van der Waals surface area contributed by atoms with Gasteiger partial charge in [-0.3, -0.25) is 9.20 Å². The molecule has 2 aromatic heterocycles. The summed E-state index contributed by atoms with van der Waals surface area (Å²) >= 11 is 0.888. The SMILES string of the molecule is O=C(Cc1ccc(C2=CC=CNC2)cc1)Nc1ncn2c(C(F)(F)F)csc12. The molecule has 1 aromatic carbocycles. The summed E-state index contributed by atoms with van der Waals surface area (Å²) < 4.78 is 39.7. The molecule has 0 spiro atoms. The van der Waals surface area contributed by atoms with Gasteiger partial charge in [-0.2, -0.15) is 13.2 Å². The maximum absolute atomic E-state index is 12.9. The molecular formula is C19H15F3N4OS. The van der Waals surface area contributed by atoms with Gasteiger partial charge in [0.05, 0.1) is 6.42 Å². The topological polar surface area (TPSA) is 58.4 Å². The van der Waals surface area contributed by atoms with Crippen LogP contribution in [0, 0.1) is 0 Å². The number of fused-ring (bicyclic) bond motifs is 1. The van der Waals surface area contributed by atoms with Gasteiger partial charge in [-0.1, -0.05) is 30.3 Å². The first-order chi connectivity index (χ1) is 13.4. The third kappa shape index (κ3) is 3.65. The maximum atomic E-state index is 12.9. The fourth-order valence-corrected chi connectivity index (χ4v) is 3.88. The predicted octanol–water partition coefficient (Wildman–Crippen LogP) is 4.10. The van der Waals surface area contributed by atoms with E-state index in [1.807, 2.05) is 42.6 Å². The molecule has 144 valence electrons. The number of rotatable bonds is 4. The van der Waals surface area contributed by atoms with Crippen LogP contribution in [0.15, 0.2) is 54.3 Å². The van der Waals surface area contributed by atoms with Crippen LogP contribution in [0.2, 0.25) is 0 Å². The first-order valence-corrected chi connectivity index (χ1v) is 9.30. The molecule has 2 N–H and O–H groups in total. The smallest absolute Gasteiger partial charge is 0.387 e. The zero-order valence-corrected chi connectivity index (χ0v) is 15.3. The Bertz CT molecular complexity index is 1080. The molecule has 28 heavy (non-hydrogen) atoms. The number of carbonyl (C=O) groups is 1. The van der Waals surface area contributed by atoms with E-state index < -0.39 is 11.9 Å². The lowest BCUT2D eigenvalue weighted by atomic mass is 10.0. The van der Waals surface area contributed by atoms with Crippen LogP contribution in [0.25, 0.3) is 10.4 Å². The largest absolute Gasteiger partial charge is 0.432 e. The van der Waals surface area contributed by atoms with Gasteiger partial charge in [0.25, 0.3) is 0 Å². The van der Waals surface area contributed by atoms with Crippen molar-refractivity contribution in [2.45, 2.75) is 12.6 Å². The van der Waals surface area contributed by atoms with Crippen LogP contribution in [-0.4, -0.2) is 21.8 Å². The molecule has 0 unspecified atom stereocenters. The van der Waals surface area contributed by atoms with Crippen molar-refractivity contribution in [1.29, 1.82) is 0 Å². The fourth-order valence-electron chi connectivity index (χ4n) is 2.94. The molecule has 0 bridgehead atoms. The van der Waals surface area contributed by atoms with Crippen molar-refractivity contribution < 1.29 is 18.0 Å². The Kier molecular flexibility index (Phi) is 4.68. The minimum absolute atomic E-state index is 0.105. The third-order valence-corrected chi connectivity index (χ3v) is 5.26. The number of thiazole rings is 1. The first-order valence-electron chi connectivity index (χ1n) is 8.42. The van der Waals surface area contributed by atoms with Crippen LogP contribution < -0.4 is 10.6 Å². The molecule has 0 saturated carbocycles. The number of alkyl halides is 3. The van der Waals surface area contributed by atoms with Crippen molar-refractivity contribution in [2.24, 2.45) is 0 Å². The zero-order valence-electron chi connectivity index (χ0n) is 14.5. The Balaban J connectivity index is 1.45. The molecule has 0 aliphatic carbocycles. The van der Waals surface area contributed by atoms with Crippen LogP contribution in [-0.2, 0) is 17.4 Å². The predicted molar refractivity (Wildman–Crippen MR) is 102 cm³/mol. The van der Waals surface area contributed by atoms with Crippen LogP contribution in [0.5, 0.6) is 0 Å². The summed E-state index contributed by atoms with van der Waals surface area (Å²) in [6, 6.07) is 7.62. The van der Waals surface area contributed by atoms with E-state index in [4.69, 9.17) is 0 Å². The number of nitrogens with one attached hydrogen (secondary N) is 2. The number of imidazole rings is 1. The average Bonchev–Trinajstić information content (AvgIpc) is 3.26. The molecule has 4 rings (SSSR count). The Hall–Kier alpha value is -3.07. The molecule has 1 amide bonds. The van der Waals surface area contributed by atoms with Crippen LogP contribution in [0.4, 0.5) is 19.0 Å². The van der Waals surface area contributed by atoms with E-state index in [1.165, 1.54) is 0 Å². The van der Waals surface area contributed by atoms with Gasteiger partial charge in [-0.25, -0.2) is 4.98 Å². The highest BCUT2D eigenvalue weighted by Crippen LogP contribution is 2.35. The van der Waals surface area contributed by atoms with Crippen LogP contribution in [0.1, 0.15) is 16.8 Å². The number of amides is 1. The summed E-state index contributed by atoms with van der Waals surface area (Å²) in [6.45, 7) is 0.743. The van der Waals surface area contributed by atoms with E-state index in [2.05, 4.69) is 15.6 Å². The maximum Gasteiger partial charge on any atom is 0.432 e. The number of allylic oxidation sites excluding steroid dienone is 2. The van der Waals surface area contributed by atoms with E-state index in [-0.39, 0.29) is 23.0 Å². The van der Waals surface area contributed by atoms with Crippen LogP contribution >= 0.6 is 11.3 Å². The highest BCUT2D eigenvalue weighted by molar-refractivity contribution is 7.16. The van der Waals surface area contributed by atoms with Gasteiger partial charge >= 0.3 is 6.18 Å². The van der Waals surface area contributed by atoms with Gasteiger partial charge in [0, 0.05) is 11.9 Å². The van der Waals surface area contributed by atoms with Gasteiger partial charge in [0.1, 0.15) is 16.9 Å². The Morgan fingerprint density at radius 1 is 1.29 bits per heavy atom. The second-order valence-corrected chi connectivity index (χ2v) is 7.10. The fraction of sp³-hybridized carbons (Fsp3) is 0.158. The van der Waals surface area contributed by atoms with Crippen molar-refractivity contribution in [2.75, 3.05) is 11.9 Å². The molecule has 0 fully saturated rings. The average molecular weight is 404 g/mol. The molecule has 3 heterocycles. The lowest BCUT2D eigenvalue weighted by Gasteiger charge is -2.11. The summed E-state index contributed by atoms with van der Waals surface area (Å²) in [5.41, 5.74) is 2.21. The summed E-state index contributed by atoms with van der Waals surface area (Å²) in [5.74, 6) is -0.205. The third-order valence-electron chi connectivity index (χ3n) is 4.31. The van der Waals surface area contributed by atoms with Gasteiger partial charge in [-0.05, 0) is 29.0 Å². The lowest BCUT2D eigenvalue weighted by Crippen LogP contribution is -2.15. The number of benzene rings is 1. The molecular weight excluding hydrogens is 389 g/mol. The molecule has 5 nitrogen and oxygen atoms in total. The standard InChI is InChI=1S/C19H15F3N4OS/c20-19(21,22)15-10-28-18-17(24-11-26(15)18)25-16(27)8-12-3-5-13(6-4-12)14-2-1-7-23-9-14/h1-7,10-11,23H,8-9H2,(H,25,27). The Morgan fingerprint density at radius 2 is 2.07 bits per heavy atom. The monoisotopic (exact) mass is 404 g/mol. The van der Waals surface area contributed by atoms with E-state index in [0.717, 1.165) is 50.7 Å². The number of anilines is 1. The number of nitrogens with zero attached hydrogens (tertiary/aromatic N) is 2. The minimum Gasteiger partial charge on any atom is -0.387 e. The minimum atomic E-state index is -4.47. The van der Waals surface area contributed by atoms with E-state index in [1.54, 1.807) is 0 Å². The number of halogens is 3. The summed E-state index contributed by atoms with van der Waals surface area (Å²) in [4.78, 5) is 16.5. The number of hydrogen-bond donors (Lipinski definition) is 2. The first kappa shape index (κ1) is 18.3. The molecule has 1 aliphatic rings. The second-order valence-electron chi connectivity index (χ2n) is 6.24. The van der Waals surface area contributed by atoms with E-state index in [0.29, 0.717) is 0 Å². The van der Waals surface area contributed by atoms with Crippen molar-refractivity contribution in [3.63, 3.8) is 0 Å². The number of carbonyl (C=O) groups excluding carboxylic acids is 1. The van der Waals surface area contributed by atoms with Crippen molar-refractivity contribution in [3.05, 3.63) is 71.1 Å². The van der Waals surface area contributed by atoms with E-state index in [9.17, 15) is 18.0 Å². The molecule has 1 aliphatic heterocycles. The summed E-state index contributed by atoms with van der Waals surface area (Å²) in [5, 5.41) is 6.75. The van der Waals surface area contributed by atoms with Gasteiger partial charge < -0.3 is 10.6 Å². The quantitative estimate of drug-likeness (QED) is 0.689. The molecule has 0 atom stereocenters. The van der Waals surface area contributed by atoms with E-state index >= 15 is 0 Å². The Morgan fingerprint density at radius 3 is 2.75 bits per heavy atom. The van der Waals surface area contributed by atoms with Crippen molar-refractivity contribution in [3.8, 4) is 0 Å². The number of aromatic nitrogens is 2. The normalized spacial score (nSPS) is 14.0. The summed E-state index contributed by atoms with van der Waals surface area (Å²) in [7, 11) is 0. The zero-order chi connectivity index (χ0) is 19.7. The van der Waals surface area contributed by atoms with Crippen molar-refractivity contribution >= 4 is 33.5 Å². The highest BCUT2D eigenvalue weighted by Gasteiger charge is 2.35. The van der Waals surface area contributed by atoms with Gasteiger partial charge in [0.2, 0.25) is 5.91 Å². The van der Waals surface area contributed by atoms with Gasteiger partial charge in [-0.15, -0.1) is 11.3 Å². The number of dihydropyridines is 1. The Labute approximate surface area is 162 Å². The lowest BCUT2D eigenvalue weighted by molar-refractivity contribution is -0.141. The summed E-state index contributed by atoms with van der Waals surface area (Å²) in [6.07, 6.45) is 2.54. The highest BCUT2D eigenvalue weighted by atomic mass is 32.1. The molecule has 0 radical (unpaired) electrons. The molecule has 9 heteroatoms. The van der Waals surface area contributed by atoms with Gasteiger partial charge in [0.15, 0.2) is 5.82 Å². The molecule has 3 aromatic rings. The number of hydrogen-bond acceptors (Lipinski definition) is 4. The second kappa shape index (κ2) is 7.16.